The number of esters is 1. The summed E-state index contributed by atoms with van der Waals surface area (Å²) in [6.45, 7) is 1.75. The summed E-state index contributed by atoms with van der Waals surface area (Å²) in [5, 5.41) is 2.10. The SMILES string of the molecule is CCOC(=O)/C=C/CC(F)(F)C(=O)Nc1ccc(OC)cc1. The van der Waals surface area contributed by atoms with E-state index in [0.717, 1.165) is 12.2 Å². The molecule has 0 atom stereocenters. The Morgan fingerprint density at radius 3 is 2.45 bits per heavy atom. The summed E-state index contributed by atoms with van der Waals surface area (Å²) in [5.41, 5.74) is 0.222. The molecule has 0 radical (unpaired) electrons. The van der Waals surface area contributed by atoms with Gasteiger partial charge in [0.15, 0.2) is 0 Å². The van der Waals surface area contributed by atoms with Gasteiger partial charge < -0.3 is 14.8 Å². The number of alkyl halides is 2. The van der Waals surface area contributed by atoms with Gasteiger partial charge in [0.1, 0.15) is 5.75 Å². The Morgan fingerprint density at radius 2 is 1.91 bits per heavy atom. The quantitative estimate of drug-likeness (QED) is 0.621. The number of allylic oxidation sites excluding steroid dienone is 1. The van der Waals surface area contributed by atoms with Crippen LogP contribution in [-0.2, 0) is 14.3 Å². The van der Waals surface area contributed by atoms with Crippen molar-refractivity contribution in [2.45, 2.75) is 19.3 Å². The molecule has 0 unspecified atom stereocenters. The summed E-state index contributed by atoms with van der Waals surface area (Å²) < 4.78 is 36.8. The first-order valence-electron chi connectivity index (χ1n) is 6.55. The largest absolute Gasteiger partial charge is 0.497 e. The molecule has 0 saturated carbocycles. The monoisotopic (exact) mass is 313 g/mol. The third kappa shape index (κ3) is 5.51. The molecular formula is C15H17F2NO4. The lowest BCUT2D eigenvalue weighted by Crippen LogP contribution is -2.34. The predicted molar refractivity (Wildman–Crippen MR) is 77.0 cm³/mol. The van der Waals surface area contributed by atoms with Crippen molar-refractivity contribution < 1.29 is 27.8 Å². The number of methoxy groups -OCH3 is 1. The second kappa shape index (κ2) is 8.11. The molecule has 1 aromatic carbocycles. The van der Waals surface area contributed by atoms with Gasteiger partial charge in [-0.2, -0.15) is 8.78 Å². The zero-order valence-electron chi connectivity index (χ0n) is 12.3. The van der Waals surface area contributed by atoms with E-state index in [1.807, 2.05) is 0 Å². The van der Waals surface area contributed by atoms with Crippen LogP contribution in [0.2, 0.25) is 0 Å². The van der Waals surface area contributed by atoms with Crippen molar-refractivity contribution in [2.24, 2.45) is 0 Å². The Kier molecular flexibility index (Phi) is 6.49. The summed E-state index contributed by atoms with van der Waals surface area (Å²) in [5.74, 6) is -5.27. The van der Waals surface area contributed by atoms with Gasteiger partial charge in [0, 0.05) is 18.2 Å². The fourth-order valence-corrected chi connectivity index (χ4v) is 1.48. The van der Waals surface area contributed by atoms with Crippen molar-refractivity contribution in [3.63, 3.8) is 0 Å². The first-order chi connectivity index (χ1) is 10.4. The van der Waals surface area contributed by atoms with Crippen LogP contribution < -0.4 is 10.1 Å². The molecule has 0 saturated heterocycles. The average molecular weight is 313 g/mol. The van der Waals surface area contributed by atoms with Crippen molar-refractivity contribution in [1.82, 2.24) is 0 Å². The second-order valence-corrected chi connectivity index (χ2v) is 4.25. The zero-order valence-corrected chi connectivity index (χ0v) is 12.3. The molecule has 0 spiro atoms. The van der Waals surface area contributed by atoms with Crippen LogP contribution in [0, 0.1) is 0 Å². The van der Waals surface area contributed by atoms with E-state index in [-0.39, 0.29) is 12.3 Å². The average Bonchev–Trinajstić information content (AvgIpc) is 2.48. The van der Waals surface area contributed by atoms with Crippen LogP contribution >= 0.6 is 0 Å². The highest BCUT2D eigenvalue weighted by Gasteiger charge is 2.37. The minimum atomic E-state index is -3.64. The van der Waals surface area contributed by atoms with Gasteiger partial charge >= 0.3 is 11.9 Å². The van der Waals surface area contributed by atoms with Gasteiger partial charge in [-0.15, -0.1) is 0 Å². The van der Waals surface area contributed by atoms with E-state index in [1.165, 1.54) is 31.4 Å². The van der Waals surface area contributed by atoms with Crippen LogP contribution in [0.25, 0.3) is 0 Å². The number of carbonyl (C=O) groups is 2. The molecule has 1 rings (SSSR count). The third-order valence-corrected chi connectivity index (χ3v) is 2.59. The van der Waals surface area contributed by atoms with Gasteiger partial charge in [0.05, 0.1) is 13.7 Å². The number of ether oxygens (including phenoxy) is 2. The highest BCUT2D eigenvalue weighted by atomic mass is 19.3. The fraction of sp³-hybridized carbons (Fsp3) is 0.333. The minimum absolute atomic E-state index is 0.150. The Bertz CT molecular complexity index is 541. The topological polar surface area (TPSA) is 64.6 Å². The number of nitrogens with one attached hydrogen (secondary N) is 1. The van der Waals surface area contributed by atoms with Crippen LogP contribution in [0.5, 0.6) is 5.75 Å². The minimum Gasteiger partial charge on any atom is -0.497 e. The van der Waals surface area contributed by atoms with E-state index in [1.54, 1.807) is 6.92 Å². The highest BCUT2D eigenvalue weighted by Crippen LogP contribution is 2.22. The normalized spacial score (nSPS) is 11.3. The van der Waals surface area contributed by atoms with Crippen molar-refractivity contribution in [2.75, 3.05) is 19.0 Å². The van der Waals surface area contributed by atoms with E-state index in [4.69, 9.17) is 4.74 Å². The fourth-order valence-electron chi connectivity index (χ4n) is 1.48. The Morgan fingerprint density at radius 1 is 1.27 bits per heavy atom. The molecule has 0 aliphatic carbocycles. The first kappa shape index (κ1) is 17.6. The lowest BCUT2D eigenvalue weighted by atomic mass is 10.2. The number of benzene rings is 1. The van der Waals surface area contributed by atoms with E-state index in [9.17, 15) is 18.4 Å². The second-order valence-electron chi connectivity index (χ2n) is 4.25. The number of anilines is 1. The number of rotatable bonds is 7. The lowest BCUT2D eigenvalue weighted by molar-refractivity contribution is -0.139. The lowest BCUT2D eigenvalue weighted by Gasteiger charge is -2.14. The summed E-state index contributed by atoms with van der Waals surface area (Å²) in [7, 11) is 1.47. The third-order valence-electron chi connectivity index (χ3n) is 2.59. The molecule has 0 aromatic heterocycles. The molecule has 1 aromatic rings. The molecule has 0 heterocycles. The number of hydrogen-bond acceptors (Lipinski definition) is 4. The smallest absolute Gasteiger partial charge is 0.330 e. The van der Waals surface area contributed by atoms with Crippen LogP contribution in [0.1, 0.15) is 13.3 Å². The Labute approximate surface area is 126 Å². The van der Waals surface area contributed by atoms with Gasteiger partial charge in [-0.3, -0.25) is 4.79 Å². The van der Waals surface area contributed by atoms with Gasteiger partial charge in [0.25, 0.3) is 5.91 Å². The molecule has 5 nitrogen and oxygen atoms in total. The van der Waals surface area contributed by atoms with E-state index < -0.39 is 24.2 Å². The summed E-state index contributed by atoms with van der Waals surface area (Å²) >= 11 is 0. The van der Waals surface area contributed by atoms with Gasteiger partial charge in [-0.05, 0) is 31.2 Å². The van der Waals surface area contributed by atoms with E-state index in [0.29, 0.717) is 5.75 Å². The maximum Gasteiger partial charge on any atom is 0.330 e. The van der Waals surface area contributed by atoms with Crippen molar-refractivity contribution in [3.05, 3.63) is 36.4 Å². The summed E-state index contributed by atoms with van der Waals surface area (Å²) in [4.78, 5) is 22.5. The number of hydrogen-bond donors (Lipinski definition) is 1. The molecule has 0 aliphatic heterocycles. The maximum absolute atomic E-state index is 13.6. The van der Waals surface area contributed by atoms with Crippen LogP contribution in [-0.4, -0.2) is 31.5 Å². The van der Waals surface area contributed by atoms with E-state index >= 15 is 0 Å². The Balaban J connectivity index is 2.59. The number of carbonyl (C=O) groups excluding carboxylic acids is 2. The standard InChI is InChI=1S/C15H17F2NO4/c1-3-22-13(19)5-4-10-15(16,17)14(20)18-11-6-8-12(21-2)9-7-11/h4-9H,3,10H2,1-2H3,(H,18,20)/b5-4+. The maximum atomic E-state index is 13.6. The molecule has 0 fully saturated rings. The molecule has 1 N–H and O–H groups in total. The van der Waals surface area contributed by atoms with E-state index in [2.05, 4.69) is 10.1 Å². The summed E-state index contributed by atoms with van der Waals surface area (Å²) in [6, 6.07) is 5.96. The molecule has 22 heavy (non-hydrogen) atoms. The first-order valence-corrected chi connectivity index (χ1v) is 6.55. The molecule has 7 heteroatoms. The molecule has 120 valence electrons. The Hall–Kier alpha value is -2.44. The van der Waals surface area contributed by atoms with Crippen molar-refractivity contribution >= 4 is 17.6 Å². The molecule has 1 amide bonds. The number of halogens is 2. The molecular weight excluding hydrogens is 296 g/mol. The number of amides is 1. The zero-order chi connectivity index (χ0) is 16.6. The van der Waals surface area contributed by atoms with Crippen molar-refractivity contribution in [3.8, 4) is 5.75 Å². The van der Waals surface area contributed by atoms with Gasteiger partial charge in [0.2, 0.25) is 0 Å². The molecule has 0 bridgehead atoms. The van der Waals surface area contributed by atoms with Gasteiger partial charge in [-0.1, -0.05) is 6.08 Å². The molecule has 0 aliphatic rings. The predicted octanol–water partition coefficient (Wildman–Crippen LogP) is 2.78. The van der Waals surface area contributed by atoms with Crippen LogP contribution in [0.4, 0.5) is 14.5 Å². The van der Waals surface area contributed by atoms with Crippen molar-refractivity contribution in [1.29, 1.82) is 0 Å². The van der Waals surface area contributed by atoms with Gasteiger partial charge in [-0.25, -0.2) is 4.79 Å². The highest BCUT2D eigenvalue weighted by molar-refractivity contribution is 5.96. The van der Waals surface area contributed by atoms with Crippen LogP contribution in [0.3, 0.4) is 0 Å². The van der Waals surface area contributed by atoms with Crippen LogP contribution in [0.15, 0.2) is 36.4 Å². The summed E-state index contributed by atoms with van der Waals surface area (Å²) in [6.07, 6.45) is 0.886.